The van der Waals surface area contributed by atoms with Crippen LogP contribution >= 0.6 is 0 Å². The maximum absolute atomic E-state index is 10.8. The summed E-state index contributed by atoms with van der Waals surface area (Å²) < 4.78 is 0. The molecule has 0 aromatic carbocycles. The van der Waals surface area contributed by atoms with Crippen molar-refractivity contribution >= 4 is 0 Å². The van der Waals surface area contributed by atoms with Gasteiger partial charge in [0, 0.05) is 11.8 Å². The SMILES string of the molecule is C[C@H]1CCC2C3=CC=C4CC(O)CC(O)[C@]4(C)C3CC[C@@]21C. The fraction of sp³-hybridized carbons (Fsp3) is 0.800. The van der Waals surface area contributed by atoms with E-state index in [-0.39, 0.29) is 11.5 Å². The second kappa shape index (κ2) is 4.70. The Labute approximate surface area is 134 Å². The number of allylic oxidation sites excluding steroid dienone is 3. The molecule has 4 unspecified atom stereocenters. The van der Waals surface area contributed by atoms with Gasteiger partial charge in [0.05, 0.1) is 12.2 Å². The molecule has 4 rings (SSSR count). The van der Waals surface area contributed by atoms with E-state index in [1.54, 1.807) is 5.57 Å². The van der Waals surface area contributed by atoms with Gasteiger partial charge in [-0.25, -0.2) is 0 Å². The van der Waals surface area contributed by atoms with Crippen molar-refractivity contribution in [2.24, 2.45) is 28.6 Å². The zero-order chi connectivity index (χ0) is 15.7. The van der Waals surface area contributed by atoms with Crippen molar-refractivity contribution in [3.8, 4) is 0 Å². The van der Waals surface area contributed by atoms with Gasteiger partial charge >= 0.3 is 0 Å². The third-order valence-corrected chi connectivity index (χ3v) is 8.12. The molecule has 0 radical (unpaired) electrons. The quantitative estimate of drug-likeness (QED) is 0.714. The van der Waals surface area contributed by atoms with E-state index in [0.717, 1.165) is 12.3 Å². The topological polar surface area (TPSA) is 40.5 Å². The van der Waals surface area contributed by atoms with Crippen LogP contribution in [0.3, 0.4) is 0 Å². The average Bonchev–Trinajstić information content (AvgIpc) is 2.77. The molecule has 0 aliphatic heterocycles. The number of hydrogen-bond acceptors (Lipinski definition) is 2. The lowest BCUT2D eigenvalue weighted by Crippen LogP contribution is -2.52. The smallest absolute Gasteiger partial charge is 0.0661 e. The Balaban J connectivity index is 1.76. The average molecular weight is 302 g/mol. The van der Waals surface area contributed by atoms with Gasteiger partial charge in [0.2, 0.25) is 0 Å². The largest absolute Gasteiger partial charge is 0.393 e. The molecule has 7 atom stereocenters. The maximum Gasteiger partial charge on any atom is 0.0661 e. The summed E-state index contributed by atoms with van der Waals surface area (Å²) in [7, 11) is 0. The minimum absolute atomic E-state index is 0.142. The molecule has 4 aliphatic carbocycles. The molecule has 3 fully saturated rings. The predicted molar refractivity (Wildman–Crippen MR) is 88.2 cm³/mol. The van der Waals surface area contributed by atoms with Crippen molar-refractivity contribution in [2.45, 2.75) is 71.5 Å². The molecule has 0 heterocycles. The second-order valence-electron chi connectivity index (χ2n) is 8.88. The van der Waals surface area contributed by atoms with Crippen LogP contribution in [0.2, 0.25) is 0 Å². The molecule has 0 amide bonds. The molecule has 0 aromatic rings. The van der Waals surface area contributed by atoms with E-state index >= 15 is 0 Å². The number of hydrogen-bond donors (Lipinski definition) is 2. The van der Waals surface area contributed by atoms with Crippen molar-refractivity contribution in [1.29, 1.82) is 0 Å². The van der Waals surface area contributed by atoms with Crippen LogP contribution in [0.5, 0.6) is 0 Å². The fourth-order valence-corrected chi connectivity index (χ4v) is 6.30. The van der Waals surface area contributed by atoms with Crippen molar-refractivity contribution in [3.63, 3.8) is 0 Å². The van der Waals surface area contributed by atoms with Crippen molar-refractivity contribution in [1.82, 2.24) is 0 Å². The van der Waals surface area contributed by atoms with Crippen LogP contribution in [-0.2, 0) is 0 Å². The lowest BCUT2D eigenvalue weighted by Gasteiger charge is -2.56. The van der Waals surface area contributed by atoms with E-state index in [2.05, 4.69) is 32.9 Å². The third-order valence-electron chi connectivity index (χ3n) is 8.12. The van der Waals surface area contributed by atoms with Crippen LogP contribution < -0.4 is 0 Å². The summed E-state index contributed by atoms with van der Waals surface area (Å²) in [6.45, 7) is 7.18. The van der Waals surface area contributed by atoms with Crippen molar-refractivity contribution < 1.29 is 10.2 Å². The lowest BCUT2D eigenvalue weighted by molar-refractivity contribution is -0.0522. The van der Waals surface area contributed by atoms with Crippen LogP contribution in [-0.4, -0.2) is 22.4 Å². The zero-order valence-electron chi connectivity index (χ0n) is 14.2. The molecular weight excluding hydrogens is 272 g/mol. The van der Waals surface area contributed by atoms with Crippen LogP contribution in [0.4, 0.5) is 0 Å². The third kappa shape index (κ3) is 1.74. The number of aliphatic hydroxyl groups excluding tert-OH is 2. The molecule has 0 spiro atoms. The Bertz CT molecular complexity index is 548. The van der Waals surface area contributed by atoms with Crippen LogP contribution in [0.25, 0.3) is 0 Å². The van der Waals surface area contributed by atoms with E-state index in [4.69, 9.17) is 0 Å². The highest BCUT2D eigenvalue weighted by Crippen LogP contribution is 2.64. The zero-order valence-corrected chi connectivity index (χ0v) is 14.2. The second-order valence-corrected chi connectivity index (χ2v) is 8.88. The van der Waals surface area contributed by atoms with Gasteiger partial charge in [-0.05, 0) is 55.3 Å². The normalized spacial score (nSPS) is 54.0. The van der Waals surface area contributed by atoms with Gasteiger partial charge in [-0.3, -0.25) is 0 Å². The molecule has 2 heteroatoms. The molecule has 122 valence electrons. The summed E-state index contributed by atoms with van der Waals surface area (Å²) >= 11 is 0. The van der Waals surface area contributed by atoms with E-state index in [9.17, 15) is 10.2 Å². The molecule has 4 aliphatic rings. The minimum atomic E-state index is -0.403. The van der Waals surface area contributed by atoms with E-state index in [1.165, 1.54) is 31.3 Å². The Morgan fingerprint density at radius 2 is 1.82 bits per heavy atom. The molecule has 2 nitrogen and oxygen atoms in total. The molecule has 3 saturated carbocycles. The number of rotatable bonds is 0. The summed E-state index contributed by atoms with van der Waals surface area (Å²) in [6, 6.07) is 0. The van der Waals surface area contributed by atoms with Crippen molar-refractivity contribution in [2.75, 3.05) is 0 Å². The summed E-state index contributed by atoms with van der Waals surface area (Å²) in [5.74, 6) is 2.00. The predicted octanol–water partition coefficient (Wildman–Crippen LogP) is 3.84. The van der Waals surface area contributed by atoms with Gasteiger partial charge in [0.15, 0.2) is 0 Å². The number of aliphatic hydroxyl groups is 2. The first-order chi connectivity index (χ1) is 10.4. The highest BCUT2D eigenvalue weighted by molar-refractivity contribution is 5.39. The first kappa shape index (κ1) is 15.0. The van der Waals surface area contributed by atoms with E-state index < -0.39 is 6.10 Å². The summed E-state index contributed by atoms with van der Waals surface area (Å²) in [6.07, 6.45) is 10.3. The fourth-order valence-electron chi connectivity index (χ4n) is 6.30. The maximum atomic E-state index is 10.8. The standard InChI is InChI=1S/C20H30O2/c1-12-4-7-16-15-6-5-13-10-14(21)11-18(22)20(13,3)17(15)8-9-19(12,16)2/h5-6,12,14,16-18,21-22H,4,7-11H2,1-3H3/t12-,14?,16?,17?,18?,19+,20-/m0/s1. The van der Waals surface area contributed by atoms with Gasteiger partial charge in [-0.2, -0.15) is 0 Å². The number of fused-ring (bicyclic) bond motifs is 5. The Kier molecular flexibility index (Phi) is 3.20. The Morgan fingerprint density at radius 3 is 2.59 bits per heavy atom. The van der Waals surface area contributed by atoms with Crippen LogP contribution in [0.1, 0.15) is 59.3 Å². The van der Waals surface area contributed by atoms with Crippen molar-refractivity contribution in [3.05, 3.63) is 23.3 Å². The first-order valence-electron chi connectivity index (χ1n) is 9.14. The van der Waals surface area contributed by atoms with Crippen LogP contribution in [0, 0.1) is 28.6 Å². The summed E-state index contributed by atoms with van der Waals surface area (Å²) in [5, 5.41) is 20.8. The first-order valence-corrected chi connectivity index (χ1v) is 9.14. The molecule has 22 heavy (non-hydrogen) atoms. The van der Waals surface area contributed by atoms with E-state index in [0.29, 0.717) is 23.7 Å². The Morgan fingerprint density at radius 1 is 1.05 bits per heavy atom. The van der Waals surface area contributed by atoms with Gasteiger partial charge in [0.25, 0.3) is 0 Å². The minimum Gasteiger partial charge on any atom is -0.393 e. The summed E-state index contributed by atoms with van der Waals surface area (Å²) in [4.78, 5) is 0. The molecule has 2 N–H and O–H groups in total. The molecule has 0 aromatic heterocycles. The monoisotopic (exact) mass is 302 g/mol. The Hall–Kier alpha value is -0.600. The molecular formula is C20H30O2. The highest BCUT2D eigenvalue weighted by atomic mass is 16.3. The van der Waals surface area contributed by atoms with Gasteiger partial charge in [0.1, 0.15) is 0 Å². The van der Waals surface area contributed by atoms with Gasteiger partial charge in [-0.1, -0.05) is 44.1 Å². The van der Waals surface area contributed by atoms with Gasteiger partial charge < -0.3 is 10.2 Å². The summed E-state index contributed by atoms with van der Waals surface area (Å²) in [5.41, 5.74) is 3.21. The lowest BCUT2D eigenvalue weighted by atomic mass is 9.50. The van der Waals surface area contributed by atoms with Crippen LogP contribution in [0.15, 0.2) is 23.3 Å². The molecule has 0 saturated heterocycles. The highest BCUT2D eigenvalue weighted by Gasteiger charge is 2.57. The van der Waals surface area contributed by atoms with E-state index in [1.807, 2.05) is 0 Å². The molecule has 0 bridgehead atoms. The van der Waals surface area contributed by atoms with Gasteiger partial charge in [-0.15, -0.1) is 0 Å².